The van der Waals surface area contributed by atoms with Crippen molar-refractivity contribution < 1.29 is 8.42 Å². The molecule has 2 aromatic heterocycles. The number of anilines is 1. The smallest absolute Gasteiger partial charge is 0.245 e. The SMILES string of the molecule is Cc1cnc2c(S(=O)(=O)N3CCN(c4cc(C)nc(C)n4)CC3)cccc2c1. The minimum absolute atomic E-state index is 0.271. The van der Waals surface area contributed by atoms with Crippen LogP contribution in [0.5, 0.6) is 0 Å². The van der Waals surface area contributed by atoms with Gasteiger partial charge >= 0.3 is 0 Å². The van der Waals surface area contributed by atoms with Crippen molar-refractivity contribution in [2.24, 2.45) is 0 Å². The normalized spacial score (nSPS) is 15.9. The monoisotopic (exact) mass is 397 g/mol. The minimum Gasteiger partial charge on any atom is -0.354 e. The second-order valence-corrected chi connectivity index (χ2v) is 9.05. The molecule has 0 N–H and O–H groups in total. The van der Waals surface area contributed by atoms with Gasteiger partial charge in [-0.25, -0.2) is 18.4 Å². The number of para-hydroxylation sites is 1. The van der Waals surface area contributed by atoms with Gasteiger partial charge < -0.3 is 4.90 Å². The lowest BCUT2D eigenvalue weighted by atomic mass is 10.2. The molecule has 1 aliphatic rings. The standard InChI is InChI=1S/C20H23N5O2S/c1-14-11-17-5-4-6-18(20(17)21-13-14)28(26,27)25-9-7-24(8-10-25)19-12-15(2)22-16(3)23-19/h4-6,11-13H,7-10H2,1-3H3. The number of hydrogen-bond donors (Lipinski definition) is 0. The molecular formula is C20H23N5O2S. The number of rotatable bonds is 3. The lowest BCUT2D eigenvalue weighted by Crippen LogP contribution is -2.49. The van der Waals surface area contributed by atoms with Crippen LogP contribution in [0.3, 0.4) is 0 Å². The topological polar surface area (TPSA) is 79.3 Å². The van der Waals surface area contributed by atoms with Gasteiger partial charge in [0.15, 0.2) is 0 Å². The average molecular weight is 398 g/mol. The molecule has 1 saturated heterocycles. The second-order valence-electron chi connectivity index (χ2n) is 7.15. The molecule has 28 heavy (non-hydrogen) atoms. The fraction of sp³-hybridized carbons (Fsp3) is 0.350. The van der Waals surface area contributed by atoms with E-state index in [0.29, 0.717) is 31.7 Å². The van der Waals surface area contributed by atoms with Crippen molar-refractivity contribution in [3.8, 4) is 0 Å². The van der Waals surface area contributed by atoms with Crippen LogP contribution in [0.2, 0.25) is 0 Å². The molecule has 0 unspecified atom stereocenters. The van der Waals surface area contributed by atoms with Crippen LogP contribution in [0.25, 0.3) is 10.9 Å². The number of aryl methyl sites for hydroxylation is 3. The summed E-state index contributed by atoms with van der Waals surface area (Å²) in [7, 11) is -3.61. The summed E-state index contributed by atoms with van der Waals surface area (Å²) in [6.45, 7) is 7.75. The van der Waals surface area contributed by atoms with Crippen LogP contribution in [0.15, 0.2) is 41.4 Å². The number of aromatic nitrogens is 3. The van der Waals surface area contributed by atoms with Gasteiger partial charge in [0, 0.05) is 49.5 Å². The Morgan fingerprint density at radius 3 is 2.43 bits per heavy atom. The first-order valence-corrected chi connectivity index (χ1v) is 10.7. The maximum Gasteiger partial charge on any atom is 0.245 e. The Balaban J connectivity index is 1.59. The third-order valence-electron chi connectivity index (χ3n) is 4.94. The molecule has 8 heteroatoms. The number of nitrogens with zero attached hydrogens (tertiary/aromatic N) is 5. The Morgan fingerprint density at radius 1 is 0.964 bits per heavy atom. The van der Waals surface area contributed by atoms with Crippen LogP contribution in [0.4, 0.5) is 5.82 Å². The molecule has 0 radical (unpaired) electrons. The highest BCUT2D eigenvalue weighted by atomic mass is 32.2. The van der Waals surface area contributed by atoms with E-state index in [1.54, 1.807) is 22.6 Å². The molecule has 146 valence electrons. The van der Waals surface area contributed by atoms with Crippen molar-refractivity contribution in [1.29, 1.82) is 0 Å². The van der Waals surface area contributed by atoms with Crippen LogP contribution < -0.4 is 4.90 Å². The zero-order chi connectivity index (χ0) is 19.9. The van der Waals surface area contributed by atoms with Crippen molar-refractivity contribution in [3.63, 3.8) is 0 Å². The third-order valence-corrected chi connectivity index (χ3v) is 6.87. The summed E-state index contributed by atoms with van der Waals surface area (Å²) >= 11 is 0. The number of sulfonamides is 1. The van der Waals surface area contributed by atoms with Gasteiger partial charge in [0.2, 0.25) is 10.0 Å². The van der Waals surface area contributed by atoms with Crippen LogP contribution in [0, 0.1) is 20.8 Å². The largest absolute Gasteiger partial charge is 0.354 e. The van der Waals surface area contributed by atoms with Gasteiger partial charge in [0.05, 0.1) is 5.52 Å². The van der Waals surface area contributed by atoms with Gasteiger partial charge in [-0.15, -0.1) is 0 Å². The number of piperazine rings is 1. The van der Waals surface area contributed by atoms with Crippen molar-refractivity contribution >= 4 is 26.7 Å². The first-order chi connectivity index (χ1) is 13.3. The highest BCUT2D eigenvalue weighted by molar-refractivity contribution is 7.89. The van der Waals surface area contributed by atoms with E-state index in [1.807, 2.05) is 39.0 Å². The summed E-state index contributed by atoms with van der Waals surface area (Å²) in [4.78, 5) is 15.6. The van der Waals surface area contributed by atoms with Gasteiger partial charge in [-0.3, -0.25) is 4.98 Å². The Labute approximate surface area is 165 Å². The zero-order valence-electron chi connectivity index (χ0n) is 16.3. The summed E-state index contributed by atoms with van der Waals surface area (Å²) in [6.07, 6.45) is 1.71. The molecule has 0 saturated carbocycles. The molecule has 0 aliphatic carbocycles. The summed E-state index contributed by atoms with van der Waals surface area (Å²) in [5.41, 5.74) is 2.44. The Hall–Kier alpha value is -2.58. The Kier molecular flexibility index (Phi) is 4.76. The predicted octanol–water partition coefficient (Wildman–Crippen LogP) is 2.46. The van der Waals surface area contributed by atoms with Crippen LogP contribution in [0.1, 0.15) is 17.1 Å². The number of hydrogen-bond acceptors (Lipinski definition) is 6. The third kappa shape index (κ3) is 3.45. The predicted molar refractivity (Wildman–Crippen MR) is 109 cm³/mol. The maximum absolute atomic E-state index is 13.3. The Bertz CT molecular complexity index is 1120. The molecule has 7 nitrogen and oxygen atoms in total. The van der Waals surface area contributed by atoms with Crippen molar-refractivity contribution in [2.45, 2.75) is 25.7 Å². The molecule has 1 aliphatic heterocycles. The molecule has 4 rings (SSSR count). The zero-order valence-corrected chi connectivity index (χ0v) is 17.1. The number of benzene rings is 1. The summed E-state index contributed by atoms with van der Waals surface area (Å²) in [5.74, 6) is 1.58. The van der Waals surface area contributed by atoms with Crippen LogP contribution in [-0.2, 0) is 10.0 Å². The molecule has 0 amide bonds. The first kappa shape index (κ1) is 18.8. The van der Waals surface area contributed by atoms with E-state index < -0.39 is 10.0 Å². The van der Waals surface area contributed by atoms with Crippen LogP contribution in [-0.4, -0.2) is 53.9 Å². The lowest BCUT2D eigenvalue weighted by molar-refractivity contribution is 0.384. The maximum atomic E-state index is 13.3. The molecule has 0 spiro atoms. The van der Waals surface area contributed by atoms with Gasteiger partial charge in [-0.2, -0.15) is 4.31 Å². The molecule has 1 aromatic carbocycles. The molecule has 0 atom stereocenters. The molecular weight excluding hydrogens is 374 g/mol. The lowest BCUT2D eigenvalue weighted by Gasteiger charge is -2.34. The van der Waals surface area contributed by atoms with E-state index in [-0.39, 0.29) is 4.90 Å². The molecule has 1 fully saturated rings. The molecule has 3 heterocycles. The summed E-state index contributed by atoms with van der Waals surface area (Å²) in [5, 5.41) is 0.839. The van der Waals surface area contributed by atoms with Gasteiger partial charge in [-0.1, -0.05) is 12.1 Å². The summed E-state index contributed by atoms with van der Waals surface area (Å²) in [6, 6.07) is 9.21. The summed E-state index contributed by atoms with van der Waals surface area (Å²) < 4.78 is 28.1. The fourth-order valence-electron chi connectivity index (χ4n) is 3.61. The van der Waals surface area contributed by atoms with Gasteiger partial charge in [0.25, 0.3) is 0 Å². The number of pyridine rings is 1. The highest BCUT2D eigenvalue weighted by Gasteiger charge is 2.30. The Morgan fingerprint density at radius 2 is 1.71 bits per heavy atom. The minimum atomic E-state index is -3.61. The average Bonchev–Trinajstić information content (AvgIpc) is 2.66. The van der Waals surface area contributed by atoms with Gasteiger partial charge in [0.1, 0.15) is 16.5 Å². The fourth-order valence-corrected chi connectivity index (χ4v) is 5.19. The van der Waals surface area contributed by atoms with E-state index in [1.165, 1.54) is 0 Å². The van der Waals surface area contributed by atoms with Gasteiger partial charge in [-0.05, 0) is 38.5 Å². The second kappa shape index (κ2) is 7.10. The van der Waals surface area contributed by atoms with E-state index in [9.17, 15) is 8.42 Å². The van der Waals surface area contributed by atoms with Crippen molar-refractivity contribution in [2.75, 3.05) is 31.1 Å². The van der Waals surface area contributed by atoms with Crippen molar-refractivity contribution in [1.82, 2.24) is 19.3 Å². The van der Waals surface area contributed by atoms with Crippen molar-refractivity contribution in [3.05, 3.63) is 53.6 Å². The van der Waals surface area contributed by atoms with E-state index in [0.717, 1.165) is 28.3 Å². The highest BCUT2D eigenvalue weighted by Crippen LogP contribution is 2.26. The van der Waals surface area contributed by atoms with E-state index in [2.05, 4.69) is 19.9 Å². The number of fused-ring (bicyclic) bond motifs is 1. The van der Waals surface area contributed by atoms with Crippen LogP contribution >= 0.6 is 0 Å². The van der Waals surface area contributed by atoms with E-state index in [4.69, 9.17) is 0 Å². The molecule has 3 aromatic rings. The molecule has 0 bridgehead atoms. The quantitative estimate of drug-likeness (QED) is 0.675. The first-order valence-electron chi connectivity index (χ1n) is 9.27. The van der Waals surface area contributed by atoms with E-state index >= 15 is 0 Å².